The summed E-state index contributed by atoms with van der Waals surface area (Å²) < 4.78 is 24.9. The van der Waals surface area contributed by atoms with Crippen LogP contribution in [0.3, 0.4) is 0 Å². The third kappa shape index (κ3) is 8.13. The van der Waals surface area contributed by atoms with E-state index in [1.165, 1.54) is 22.3 Å². The van der Waals surface area contributed by atoms with Gasteiger partial charge in [0.2, 0.25) is 5.79 Å². The standard InChI is InChI=1S/C35H54O6P2/c1-23-19-25(31(3,4)5)29(26(20-23)32(6,7)8)36-42-17-15-35(16-18-42)38-40-43(41-39-35)37-30-27(33(9,10)11)21-24(2)22-28(30)34(12,13)14/h19-22H,15-18H2,1-14H3. The molecule has 8 heteroatoms. The van der Waals surface area contributed by atoms with E-state index in [1.54, 1.807) is 0 Å². The van der Waals surface area contributed by atoms with E-state index in [4.69, 9.17) is 28.2 Å². The fraction of sp³-hybridized carbons (Fsp3) is 0.657. The van der Waals surface area contributed by atoms with E-state index in [9.17, 15) is 0 Å². The normalized spacial score (nSPS) is 23.9. The van der Waals surface area contributed by atoms with Crippen molar-refractivity contribution in [3.8, 4) is 11.5 Å². The Hall–Kier alpha value is -1.26. The van der Waals surface area contributed by atoms with E-state index in [0.29, 0.717) is 12.8 Å². The molecule has 4 rings (SSSR count). The summed E-state index contributed by atoms with van der Waals surface area (Å²) in [5.74, 6) is 0.873. The topological polar surface area (TPSA) is 55.4 Å². The van der Waals surface area contributed by atoms with Crippen molar-refractivity contribution in [2.45, 2.75) is 137 Å². The van der Waals surface area contributed by atoms with Crippen molar-refractivity contribution in [3.63, 3.8) is 0 Å². The Morgan fingerprint density at radius 2 is 0.884 bits per heavy atom. The second-order valence-corrected chi connectivity index (χ2v) is 19.4. The van der Waals surface area contributed by atoms with Gasteiger partial charge < -0.3 is 9.05 Å². The average molecular weight is 633 g/mol. The Morgan fingerprint density at radius 1 is 0.558 bits per heavy atom. The Kier molecular flexibility index (Phi) is 9.79. The maximum absolute atomic E-state index is 6.91. The lowest BCUT2D eigenvalue weighted by molar-refractivity contribution is -0.498. The lowest BCUT2D eigenvalue weighted by Gasteiger charge is -2.40. The third-order valence-electron chi connectivity index (χ3n) is 8.07. The predicted octanol–water partition coefficient (Wildman–Crippen LogP) is 11.0. The minimum absolute atomic E-state index is 0.0285. The average Bonchev–Trinajstić information content (AvgIpc) is 2.86. The van der Waals surface area contributed by atoms with Crippen LogP contribution in [0.25, 0.3) is 0 Å². The molecule has 0 saturated carbocycles. The Morgan fingerprint density at radius 3 is 1.21 bits per heavy atom. The van der Waals surface area contributed by atoms with E-state index in [2.05, 4.69) is 121 Å². The third-order valence-corrected chi connectivity index (χ3v) is 10.7. The van der Waals surface area contributed by atoms with Crippen LogP contribution in [0.15, 0.2) is 24.3 Å². The van der Waals surface area contributed by atoms with Gasteiger partial charge in [0.1, 0.15) is 11.5 Å². The summed E-state index contributed by atoms with van der Waals surface area (Å²) in [6, 6.07) is 8.93. The van der Waals surface area contributed by atoms with Crippen molar-refractivity contribution in [3.05, 3.63) is 57.6 Å². The first-order valence-electron chi connectivity index (χ1n) is 15.5. The Balaban J connectivity index is 1.46. The molecule has 240 valence electrons. The number of aryl methyl sites for hydroxylation is 2. The zero-order chi connectivity index (χ0) is 32.2. The van der Waals surface area contributed by atoms with Gasteiger partial charge in [-0.15, -0.1) is 9.35 Å². The lowest BCUT2D eigenvalue weighted by Crippen LogP contribution is -2.42. The van der Waals surface area contributed by atoms with E-state index >= 15 is 0 Å². The van der Waals surface area contributed by atoms with Gasteiger partial charge in [-0.05, 0) is 35.5 Å². The molecule has 0 aromatic heterocycles. The zero-order valence-electron chi connectivity index (χ0n) is 29.0. The van der Waals surface area contributed by atoms with E-state index < -0.39 is 22.5 Å². The lowest BCUT2D eigenvalue weighted by atomic mass is 9.78. The number of benzene rings is 2. The van der Waals surface area contributed by atoms with Crippen LogP contribution in [0.5, 0.6) is 11.5 Å². The van der Waals surface area contributed by atoms with Crippen molar-refractivity contribution in [2.24, 2.45) is 0 Å². The predicted molar refractivity (Wildman–Crippen MR) is 178 cm³/mol. The molecule has 6 nitrogen and oxygen atoms in total. The number of hydrogen-bond acceptors (Lipinski definition) is 6. The second-order valence-electron chi connectivity index (χ2n) is 16.4. The highest BCUT2D eigenvalue weighted by molar-refractivity contribution is 7.53. The Bertz CT molecular complexity index is 1120. The minimum atomic E-state index is -1.89. The molecule has 2 aliphatic heterocycles. The molecular weight excluding hydrogens is 578 g/mol. The molecule has 1 spiro atoms. The zero-order valence-corrected chi connectivity index (χ0v) is 30.8. The van der Waals surface area contributed by atoms with Crippen molar-refractivity contribution >= 4 is 16.8 Å². The van der Waals surface area contributed by atoms with Crippen LogP contribution in [0.4, 0.5) is 0 Å². The SMILES string of the molecule is Cc1cc(C(C)(C)C)c(OP2CCC3(CC2)OOP(Oc2c(C(C)(C)C)cc(C)cc2C(C)(C)C)OO3)c(C(C)(C)C)c1. The van der Waals surface area contributed by atoms with Gasteiger partial charge >= 0.3 is 8.60 Å². The van der Waals surface area contributed by atoms with Gasteiger partial charge in [0, 0.05) is 47.4 Å². The first kappa shape index (κ1) is 34.6. The molecule has 2 fully saturated rings. The van der Waals surface area contributed by atoms with Crippen molar-refractivity contribution in [1.29, 1.82) is 0 Å². The van der Waals surface area contributed by atoms with E-state index in [1.807, 2.05) is 0 Å². The summed E-state index contributed by atoms with van der Waals surface area (Å²) in [6.45, 7) is 31.0. The molecular formula is C35H54O6P2. The molecule has 0 N–H and O–H groups in total. The first-order chi connectivity index (χ1) is 19.6. The maximum atomic E-state index is 6.91. The molecule has 0 amide bonds. The van der Waals surface area contributed by atoms with Crippen molar-refractivity contribution in [2.75, 3.05) is 12.3 Å². The van der Waals surface area contributed by atoms with E-state index in [0.717, 1.165) is 34.9 Å². The highest BCUT2D eigenvalue weighted by Gasteiger charge is 2.47. The summed E-state index contributed by atoms with van der Waals surface area (Å²) >= 11 is 0. The number of rotatable bonds is 4. The van der Waals surface area contributed by atoms with Gasteiger partial charge in [0.15, 0.2) is 0 Å². The van der Waals surface area contributed by atoms with Gasteiger partial charge in [-0.3, -0.25) is 0 Å². The van der Waals surface area contributed by atoms with Crippen LogP contribution in [0, 0.1) is 13.8 Å². The molecule has 2 aromatic rings. The highest BCUT2D eigenvalue weighted by Crippen LogP contribution is 2.57. The minimum Gasteiger partial charge on any atom is -0.473 e. The smallest absolute Gasteiger partial charge is 0.457 e. The van der Waals surface area contributed by atoms with Gasteiger partial charge in [-0.2, -0.15) is 9.78 Å². The van der Waals surface area contributed by atoms with E-state index in [-0.39, 0.29) is 21.7 Å². The van der Waals surface area contributed by atoms with Crippen molar-refractivity contribution < 1.29 is 28.2 Å². The van der Waals surface area contributed by atoms with Crippen molar-refractivity contribution in [1.82, 2.24) is 0 Å². The van der Waals surface area contributed by atoms with Crippen LogP contribution in [0.2, 0.25) is 0 Å². The molecule has 0 unspecified atom stereocenters. The highest BCUT2D eigenvalue weighted by atomic mass is 31.2. The van der Waals surface area contributed by atoms with Crippen LogP contribution >= 0.6 is 16.8 Å². The molecule has 0 radical (unpaired) electrons. The monoisotopic (exact) mass is 632 g/mol. The quantitative estimate of drug-likeness (QED) is 0.247. The van der Waals surface area contributed by atoms with Gasteiger partial charge in [0.05, 0.1) is 8.15 Å². The fourth-order valence-corrected chi connectivity index (χ4v) is 8.38. The van der Waals surface area contributed by atoms with Crippen LogP contribution in [0.1, 0.15) is 129 Å². The van der Waals surface area contributed by atoms with Crippen LogP contribution in [-0.4, -0.2) is 18.1 Å². The number of hydrogen-bond donors (Lipinski definition) is 0. The summed E-state index contributed by atoms with van der Waals surface area (Å²) in [5.41, 5.74) is 6.88. The summed E-state index contributed by atoms with van der Waals surface area (Å²) in [5, 5.41) is 0. The van der Waals surface area contributed by atoms with Gasteiger partial charge in [-0.1, -0.05) is 118 Å². The summed E-state index contributed by atoms with van der Waals surface area (Å²) in [7, 11) is -2.62. The molecule has 0 bridgehead atoms. The molecule has 2 aromatic carbocycles. The van der Waals surface area contributed by atoms with Crippen LogP contribution in [-0.2, 0) is 40.8 Å². The molecule has 0 aliphatic carbocycles. The second kappa shape index (κ2) is 12.2. The van der Waals surface area contributed by atoms with Gasteiger partial charge in [-0.25, -0.2) is 0 Å². The molecule has 2 heterocycles. The summed E-state index contributed by atoms with van der Waals surface area (Å²) in [6.07, 6.45) is 2.88. The fourth-order valence-electron chi connectivity index (χ4n) is 5.51. The Labute approximate surface area is 263 Å². The molecule has 0 atom stereocenters. The van der Waals surface area contributed by atoms with Gasteiger partial charge in [0.25, 0.3) is 0 Å². The summed E-state index contributed by atoms with van der Waals surface area (Å²) in [4.78, 5) is 11.9. The van der Waals surface area contributed by atoms with Crippen LogP contribution < -0.4 is 9.05 Å². The molecule has 2 saturated heterocycles. The molecule has 2 aliphatic rings. The first-order valence-corrected chi connectivity index (χ1v) is 18.3. The molecule has 43 heavy (non-hydrogen) atoms. The largest absolute Gasteiger partial charge is 0.473 e. The maximum Gasteiger partial charge on any atom is 0.457 e.